The summed E-state index contributed by atoms with van der Waals surface area (Å²) in [4.78, 5) is 10.3. The van der Waals surface area contributed by atoms with Crippen molar-refractivity contribution in [3.63, 3.8) is 0 Å². The first kappa shape index (κ1) is 16.8. The molecule has 1 fully saturated rings. The predicted octanol–water partition coefficient (Wildman–Crippen LogP) is 0.919. The molecule has 1 aliphatic heterocycles. The summed E-state index contributed by atoms with van der Waals surface area (Å²) in [5, 5.41) is 13.7. The number of nitro benzene ring substituents is 1. The van der Waals surface area contributed by atoms with Crippen LogP contribution in [0.5, 0.6) is 0 Å². The SMILES string of the molecule is Cc1cc([N+](=O)[O-])ccc1S(=O)(=O)N1CCNCC1.Cl. The highest BCUT2D eigenvalue weighted by Crippen LogP contribution is 2.24. The Morgan fingerprint density at radius 2 is 1.90 bits per heavy atom. The van der Waals surface area contributed by atoms with Gasteiger partial charge in [-0.05, 0) is 18.6 Å². The topological polar surface area (TPSA) is 92.5 Å². The zero-order valence-corrected chi connectivity index (χ0v) is 12.5. The maximum Gasteiger partial charge on any atom is 0.269 e. The molecule has 2 rings (SSSR count). The molecule has 0 aromatic heterocycles. The quantitative estimate of drug-likeness (QED) is 0.660. The van der Waals surface area contributed by atoms with Crippen LogP contribution in [0.25, 0.3) is 0 Å². The van der Waals surface area contributed by atoms with Crippen LogP contribution >= 0.6 is 12.4 Å². The van der Waals surface area contributed by atoms with Crippen molar-refractivity contribution in [1.82, 2.24) is 9.62 Å². The fourth-order valence-corrected chi connectivity index (χ4v) is 3.71. The van der Waals surface area contributed by atoms with Crippen molar-refractivity contribution in [1.29, 1.82) is 0 Å². The molecule has 1 aromatic carbocycles. The average Bonchev–Trinajstić information content (AvgIpc) is 2.39. The van der Waals surface area contributed by atoms with Gasteiger partial charge >= 0.3 is 0 Å². The van der Waals surface area contributed by atoms with Crippen LogP contribution in [-0.2, 0) is 10.0 Å². The van der Waals surface area contributed by atoms with Gasteiger partial charge in [0.05, 0.1) is 9.82 Å². The maximum atomic E-state index is 12.4. The van der Waals surface area contributed by atoms with Crippen molar-refractivity contribution in [2.45, 2.75) is 11.8 Å². The van der Waals surface area contributed by atoms with Gasteiger partial charge in [-0.1, -0.05) is 0 Å². The number of nitrogens with zero attached hydrogens (tertiary/aromatic N) is 2. The lowest BCUT2D eigenvalue weighted by molar-refractivity contribution is -0.385. The van der Waals surface area contributed by atoms with E-state index in [1.165, 1.54) is 22.5 Å². The highest BCUT2D eigenvalue weighted by molar-refractivity contribution is 7.89. The van der Waals surface area contributed by atoms with Gasteiger partial charge in [-0.15, -0.1) is 12.4 Å². The molecule has 0 bridgehead atoms. The summed E-state index contributed by atoms with van der Waals surface area (Å²) in [6.07, 6.45) is 0. The van der Waals surface area contributed by atoms with E-state index in [-0.39, 0.29) is 23.0 Å². The smallest absolute Gasteiger partial charge is 0.269 e. The number of rotatable bonds is 3. The molecule has 0 amide bonds. The third kappa shape index (κ3) is 3.26. The molecule has 20 heavy (non-hydrogen) atoms. The van der Waals surface area contributed by atoms with Gasteiger partial charge in [0, 0.05) is 38.3 Å². The molecule has 112 valence electrons. The van der Waals surface area contributed by atoms with Crippen molar-refractivity contribution in [2.75, 3.05) is 26.2 Å². The molecule has 1 saturated heterocycles. The van der Waals surface area contributed by atoms with Crippen LogP contribution in [0.1, 0.15) is 5.56 Å². The lowest BCUT2D eigenvalue weighted by Crippen LogP contribution is -2.46. The fraction of sp³-hybridized carbons (Fsp3) is 0.455. The second-order valence-corrected chi connectivity index (χ2v) is 6.27. The van der Waals surface area contributed by atoms with Gasteiger partial charge in [-0.25, -0.2) is 8.42 Å². The Kier molecular flexibility index (Phi) is 5.46. The van der Waals surface area contributed by atoms with Crippen molar-refractivity contribution in [2.24, 2.45) is 0 Å². The minimum absolute atomic E-state index is 0. The first-order chi connectivity index (χ1) is 8.93. The number of halogens is 1. The van der Waals surface area contributed by atoms with E-state index in [0.29, 0.717) is 31.7 Å². The van der Waals surface area contributed by atoms with E-state index in [4.69, 9.17) is 0 Å². The molecule has 0 aliphatic carbocycles. The van der Waals surface area contributed by atoms with Gasteiger partial charge in [0.25, 0.3) is 5.69 Å². The molecule has 0 radical (unpaired) electrons. The van der Waals surface area contributed by atoms with Crippen LogP contribution in [0.15, 0.2) is 23.1 Å². The molecule has 0 spiro atoms. The summed E-state index contributed by atoms with van der Waals surface area (Å²) in [6, 6.07) is 3.82. The Balaban J connectivity index is 0.00000200. The van der Waals surface area contributed by atoms with E-state index < -0.39 is 14.9 Å². The molecule has 0 atom stereocenters. The number of hydrogen-bond donors (Lipinski definition) is 1. The first-order valence-corrected chi connectivity index (χ1v) is 7.33. The summed E-state index contributed by atoms with van der Waals surface area (Å²) >= 11 is 0. The Morgan fingerprint density at radius 1 is 1.30 bits per heavy atom. The van der Waals surface area contributed by atoms with E-state index in [1.807, 2.05) is 0 Å². The number of benzene rings is 1. The van der Waals surface area contributed by atoms with Crippen molar-refractivity contribution in [3.05, 3.63) is 33.9 Å². The van der Waals surface area contributed by atoms with Crippen molar-refractivity contribution >= 4 is 28.1 Å². The third-order valence-corrected chi connectivity index (χ3v) is 5.12. The summed E-state index contributed by atoms with van der Waals surface area (Å²) in [5.41, 5.74) is 0.296. The normalized spacial score (nSPS) is 16.4. The Bertz CT molecular complexity index is 600. The number of sulfonamides is 1. The van der Waals surface area contributed by atoms with Crippen LogP contribution in [0.2, 0.25) is 0 Å². The molecule has 0 unspecified atom stereocenters. The van der Waals surface area contributed by atoms with Gasteiger partial charge < -0.3 is 5.32 Å². The predicted molar refractivity (Wildman–Crippen MR) is 76.7 cm³/mol. The van der Waals surface area contributed by atoms with E-state index in [1.54, 1.807) is 6.92 Å². The number of hydrogen-bond acceptors (Lipinski definition) is 5. The van der Waals surface area contributed by atoms with Crippen LogP contribution in [-0.4, -0.2) is 43.8 Å². The standard InChI is InChI=1S/C11H15N3O4S.ClH/c1-9-8-10(14(15)16)2-3-11(9)19(17,18)13-6-4-12-5-7-13;/h2-3,8,12H,4-7H2,1H3;1H. The largest absolute Gasteiger partial charge is 0.314 e. The van der Waals surface area contributed by atoms with Crippen LogP contribution < -0.4 is 5.32 Å². The number of piperazine rings is 1. The molecular weight excluding hydrogens is 306 g/mol. The summed E-state index contributed by atoms with van der Waals surface area (Å²) in [5.74, 6) is 0. The second kappa shape index (κ2) is 6.49. The molecular formula is C11H16ClN3O4S. The Labute approximate surface area is 123 Å². The van der Waals surface area contributed by atoms with Gasteiger partial charge in [0.15, 0.2) is 0 Å². The molecule has 1 heterocycles. The van der Waals surface area contributed by atoms with Crippen molar-refractivity contribution < 1.29 is 13.3 Å². The molecule has 1 aromatic rings. The number of nitro groups is 1. The molecule has 1 N–H and O–H groups in total. The van der Waals surface area contributed by atoms with E-state index >= 15 is 0 Å². The van der Waals surface area contributed by atoms with Gasteiger partial charge in [-0.2, -0.15) is 4.31 Å². The minimum Gasteiger partial charge on any atom is -0.314 e. The highest BCUT2D eigenvalue weighted by atomic mass is 35.5. The molecule has 0 saturated carbocycles. The maximum absolute atomic E-state index is 12.4. The number of non-ortho nitro benzene ring substituents is 1. The van der Waals surface area contributed by atoms with E-state index in [2.05, 4.69) is 5.32 Å². The summed E-state index contributed by atoms with van der Waals surface area (Å²) in [7, 11) is -3.56. The number of aryl methyl sites for hydroxylation is 1. The molecule has 1 aliphatic rings. The zero-order valence-electron chi connectivity index (χ0n) is 10.9. The van der Waals surface area contributed by atoms with Gasteiger partial charge in [0.2, 0.25) is 10.0 Å². The van der Waals surface area contributed by atoms with Gasteiger partial charge in [-0.3, -0.25) is 10.1 Å². The van der Waals surface area contributed by atoms with Crippen LogP contribution in [0.4, 0.5) is 5.69 Å². The average molecular weight is 322 g/mol. The first-order valence-electron chi connectivity index (χ1n) is 5.89. The minimum atomic E-state index is -3.56. The molecule has 7 nitrogen and oxygen atoms in total. The number of nitrogens with one attached hydrogen (secondary N) is 1. The van der Waals surface area contributed by atoms with Crippen LogP contribution in [0, 0.1) is 17.0 Å². The van der Waals surface area contributed by atoms with Crippen molar-refractivity contribution in [3.8, 4) is 0 Å². The highest BCUT2D eigenvalue weighted by Gasteiger charge is 2.27. The van der Waals surface area contributed by atoms with E-state index in [9.17, 15) is 18.5 Å². The molecule has 9 heteroatoms. The zero-order chi connectivity index (χ0) is 14.0. The lowest BCUT2D eigenvalue weighted by Gasteiger charge is -2.27. The lowest BCUT2D eigenvalue weighted by atomic mass is 10.2. The van der Waals surface area contributed by atoms with Gasteiger partial charge in [0.1, 0.15) is 0 Å². The summed E-state index contributed by atoms with van der Waals surface area (Å²) < 4.78 is 26.2. The summed E-state index contributed by atoms with van der Waals surface area (Å²) in [6.45, 7) is 3.64. The Hall–Kier alpha value is -1.22. The second-order valence-electron chi connectivity index (χ2n) is 4.36. The van der Waals surface area contributed by atoms with E-state index in [0.717, 1.165) is 0 Å². The monoisotopic (exact) mass is 321 g/mol. The van der Waals surface area contributed by atoms with Crippen LogP contribution in [0.3, 0.4) is 0 Å². The Morgan fingerprint density at radius 3 is 2.40 bits per heavy atom. The third-order valence-electron chi connectivity index (χ3n) is 3.06. The fourth-order valence-electron chi connectivity index (χ4n) is 2.06.